The lowest BCUT2D eigenvalue weighted by Crippen LogP contribution is -2.03. The number of rotatable bonds is 4. The van der Waals surface area contributed by atoms with E-state index in [1.165, 1.54) is 11.1 Å². The molecule has 74 valence electrons. The molecule has 0 aromatic rings. The smallest absolute Gasteiger partial charge is 0.0640 e. The molecule has 0 saturated carbocycles. The molecule has 0 amide bonds. The van der Waals surface area contributed by atoms with Gasteiger partial charge in [-0.1, -0.05) is 24.6 Å². The van der Waals surface area contributed by atoms with E-state index in [-0.39, 0.29) is 0 Å². The Morgan fingerprint density at radius 1 is 1.38 bits per heavy atom. The maximum atomic E-state index is 4.14. The van der Waals surface area contributed by atoms with E-state index in [4.69, 9.17) is 0 Å². The van der Waals surface area contributed by atoms with Crippen LogP contribution in [0.4, 0.5) is 0 Å². The van der Waals surface area contributed by atoms with Crippen LogP contribution in [-0.4, -0.2) is 12.8 Å². The van der Waals surface area contributed by atoms with Gasteiger partial charge in [0, 0.05) is 7.05 Å². The van der Waals surface area contributed by atoms with E-state index in [1.54, 1.807) is 0 Å². The molecule has 0 aromatic carbocycles. The first-order valence-electron chi connectivity index (χ1n) is 4.70. The Morgan fingerprint density at radius 3 is 2.38 bits per heavy atom. The SMILES string of the molecule is C/C=C(\C=C(\C)CC)C(/C)=N/NC. The van der Waals surface area contributed by atoms with Gasteiger partial charge in [-0.25, -0.2) is 0 Å². The van der Waals surface area contributed by atoms with Crippen molar-refractivity contribution >= 4 is 5.71 Å². The molecule has 1 N–H and O–H groups in total. The number of hydrogen-bond acceptors (Lipinski definition) is 2. The van der Waals surface area contributed by atoms with Crippen LogP contribution in [0.1, 0.15) is 34.1 Å². The lowest BCUT2D eigenvalue weighted by molar-refractivity contribution is 0.899. The zero-order valence-corrected chi connectivity index (χ0v) is 9.31. The standard InChI is InChI=1S/C11H20N2/c1-6-9(3)8-11(7-2)10(4)13-12-5/h7-8,12H,6H2,1-5H3/b9-8-,11-7+,13-10+. The third kappa shape index (κ3) is 4.51. The molecule has 0 fully saturated rings. The van der Waals surface area contributed by atoms with Crippen molar-refractivity contribution in [2.24, 2.45) is 5.10 Å². The molecule has 0 rings (SSSR count). The highest BCUT2D eigenvalue weighted by atomic mass is 15.3. The molecule has 0 heterocycles. The highest BCUT2D eigenvalue weighted by Crippen LogP contribution is 2.07. The lowest BCUT2D eigenvalue weighted by atomic mass is 10.1. The Labute approximate surface area is 81.4 Å². The summed E-state index contributed by atoms with van der Waals surface area (Å²) in [6.07, 6.45) is 5.34. The topological polar surface area (TPSA) is 24.4 Å². The molecule has 0 spiro atoms. The first kappa shape index (κ1) is 11.9. The third-order valence-corrected chi connectivity index (χ3v) is 1.97. The maximum Gasteiger partial charge on any atom is 0.0640 e. The normalized spacial score (nSPS) is 14.7. The number of nitrogens with one attached hydrogen (secondary N) is 1. The highest BCUT2D eigenvalue weighted by Gasteiger charge is 1.96. The number of hydrogen-bond donors (Lipinski definition) is 1. The Kier molecular flexibility index (Phi) is 5.94. The molecule has 2 nitrogen and oxygen atoms in total. The molecule has 0 saturated heterocycles. The monoisotopic (exact) mass is 180 g/mol. The van der Waals surface area contributed by atoms with E-state index in [9.17, 15) is 0 Å². The fourth-order valence-electron chi connectivity index (χ4n) is 0.996. The van der Waals surface area contributed by atoms with Crippen molar-refractivity contribution in [3.63, 3.8) is 0 Å². The number of nitrogens with zero attached hydrogens (tertiary/aromatic N) is 1. The predicted molar refractivity (Wildman–Crippen MR) is 60.0 cm³/mol. The van der Waals surface area contributed by atoms with Gasteiger partial charge in [-0.05, 0) is 32.8 Å². The predicted octanol–water partition coefficient (Wildman–Crippen LogP) is 2.88. The van der Waals surface area contributed by atoms with Crippen molar-refractivity contribution in [2.45, 2.75) is 34.1 Å². The van der Waals surface area contributed by atoms with Gasteiger partial charge in [-0.2, -0.15) is 5.10 Å². The van der Waals surface area contributed by atoms with Gasteiger partial charge in [0.1, 0.15) is 0 Å². The fraction of sp³-hybridized carbons (Fsp3) is 0.545. The second kappa shape index (κ2) is 6.46. The quantitative estimate of drug-likeness (QED) is 0.401. The molecule has 0 unspecified atom stereocenters. The highest BCUT2D eigenvalue weighted by molar-refractivity contribution is 6.00. The van der Waals surface area contributed by atoms with Gasteiger partial charge in [0.15, 0.2) is 0 Å². The summed E-state index contributed by atoms with van der Waals surface area (Å²) in [4.78, 5) is 0. The summed E-state index contributed by atoms with van der Waals surface area (Å²) in [5, 5.41) is 4.14. The second-order valence-corrected chi connectivity index (χ2v) is 3.01. The summed E-state index contributed by atoms with van der Waals surface area (Å²) >= 11 is 0. The van der Waals surface area contributed by atoms with Crippen molar-refractivity contribution in [3.8, 4) is 0 Å². The van der Waals surface area contributed by atoms with Crippen LogP contribution in [-0.2, 0) is 0 Å². The van der Waals surface area contributed by atoms with E-state index in [1.807, 2.05) is 20.9 Å². The molecular formula is C11H20N2. The summed E-state index contributed by atoms with van der Waals surface area (Å²) in [5.41, 5.74) is 6.38. The van der Waals surface area contributed by atoms with Gasteiger partial charge in [0.25, 0.3) is 0 Å². The van der Waals surface area contributed by atoms with Crippen molar-refractivity contribution in [2.75, 3.05) is 7.05 Å². The molecule has 0 bridgehead atoms. The summed E-state index contributed by atoms with van der Waals surface area (Å²) in [6, 6.07) is 0. The second-order valence-electron chi connectivity index (χ2n) is 3.01. The Hall–Kier alpha value is -1.05. The van der Waals surface area contributed by atoms with Crippen molar-refractivity contribution in [1.82, 2.24) is 5.43 Å². The molecule has 0 aliphatic heterocycles. The minimum Gasteiger partial charge on any atom is -0.313 e. The van der Waals surface area contributed by atoms with Crippen LogP contribution in [0.15, 0.2) is 28.4 Å². The minimum absolute atomic E-state index is 1.03. The van der Waals surface area contributed by atoms with Crippen LogP contribution in [0.2, 0.25) is 0 Å². The Bertz CT molecular complexity index is 234. The first-order chi connectivity index (χ1) is 6.15. The van der Waals surface area contributed by atoms with E-state index in [2.05, 4.69) is 36.5 Å². The van der Waals surface area contributed by atoms with E-state index in [0.717, 1.165) is 12.1 Å². The number of hydrazone groups is 1. The molecular weight excluding hydrogens is 160 g/mol. The summed E-state index contributed by atoms with van der Waals surface area (Å²) in [5.74, 6) is 0. The number of allylic oxidation sites excluding steroid dienone is 4. The average Bonchev–Trinajstić information content (AvgIpc) is 2.14. The van der Waals surface area contributed by atoms with Gasteiger partial charge in [-0.3, -0.25) is 0 Å². The van der Waals surface area contributed by atoms with Gasteiger partial charge < -0.3 is 5.43 Å². The van der Waals surface area contributed by atoms with Crippen molar-refractivity contribution in [3.05, 3.63) is 23.3 Å². The van der Waals surface area contributed by atoms with E-state index in [0.29, 0.717) is 0 Å². The lowest BCUT2D eigenvalue weighted by Gasteiger charge is -2.02. The van der Waals surface area contributed by atoms with Gasteiger partial charge in [-0.15, -0.1) is 0 Å². The zero-order valence-electron chi connectivity index (χ0n) is 9.31. The summed E-state index contributed by atoms with van der Waals surface area (Å²) in [7, 11) is 1.81. The summed E-state index contributed by atoms with van der Waals surface area (Å²) < 4.78 is 0. The van der Waals surface area contributed by atoms with Crippen LogP contribution >= 0.6 is 0 Å². The minimum atomic E-state index is 1.03. The molecule has 0 radical (unpaired) electrons. The van der Waals surface area contributed by atoms with Crippen LogP contribution < -0.4 is 5.43 Å². The average molecular weight is 180 g/mol. The van der Waals surface area contributed by atoms with Crippen LogP contribution in [0, 0.1) is 0 Å². The van der Waals surface area contributed by atoms with Gasteiger partial charge in [0.2, 0.25) is 0 Å². The Morgan fingerprint density at radius 2 is 2.00 bits per heavy atom. The van der Waals surface area contributed by atoms with E-state index < -0.39 is 0 Å². The van der Waals surface area contributed by atoms with Crippen LogP contribution in [0.5, 0.6) is 0 Å². The van der Waals surface area contributed by atoms with Crippen molar-refractivity contribution < 1.29 is 0 Å². The molecule has 0 aliphatic rings. The zero-order chi connectivity index (χ0) is 10.3. The maximum absolute atomic E-state index is 4.14. The van der Waals surface area contributed by atoms with Crippen LogP contribution in [0.25, 0.3) is 0 Å². The van der Waals surface area contributed by atoms with Crippen LogP contribution in [0.3, 0.4) is 0 Å². The fourth-order valence-corrected chi connectivity index (χ4v) is 0.996. The van der Waals surface area contributed by atoms with Gasteiger partial charge >= 0.3 is 0 Å². The molecule has 0 atom stereocenters. The molecule has 0 aromatic heterocycles. The molecule has 13 heavy (non-hydrogen) atoms. The molecule has 0 aliphatic carbocycles. The van der Waals surface area contributed by atoms with Crippen molar-refractivity contribution in [1.29, 1.82) is 0 Å². The van der Waals surface area contributed by atoms with Gasteiger partial charge in [0.05, 0.1) is 5.71 Å². The van der Waals surface area contributed by atoms with E-state index >= 15 is 0 Å². The molecule has 2 heteroatoms. The summed E-state index contributed by atoms with van der Waals surface area (Å²) in [6.45, 7) is 8.33. The largest absolute Gasteiger partial charge is 0.313 e. The Balaban J connectivity index is 4.65. The third-order valence-electron chi connectivity index (χ3n) is 1.97. The first-order valence-corrected chi connectivity index (χ1v) is 4.70.